The fourth-order valence-electron chi connectivity index (χ4n) is 2.93. The van der Waals surface area contributed by atoms with Crippen LogP contribution in [0, 0.1) is 5.92 Å². The number of esters is 1. The lowest BCUT2D eigenvalue weighted by Crippen LogP contribution is -2.30. The van der Waals surface area contributed by atoms with Crippen molar-refractivity contribution >= 4 is 28.5 Å². The van der Waals surface area contributed by atoms with Gasteiger partial charge in [-0.1, -0.05) is 26.0 Å². The monoisotopic (exact) mass is 432 g/mol. The summed E-state index contributed by atoms with van der Waals surface area (Å²) < 4.78 is 44.9. The summed E-state index contributed by atoms with van der Waals surface area (Å²) in [5.41, 5.74) is -1.51. The van der Waals surface area contributed by atoms with E-state index in [1.54, 1.807) is 38.1 Å². The molecule has 162 valence electrons. The standard InChI is InChI=1S/C22H19F3N2O4/c1-12(2)21(30)31-18-15-6-4-5-7-16(15)27(3)20(29)17(18)19(28)26-14-10-8-13(9-11-14)22(23,24)25/h4-12H,1-3H3,(H,26,28). The van der Waals surface area contributed by atoms with Crippen LogP contribution in [0.25, 0.3) is 10.9 Å². The van der Waals surface area contributed by atoms with E-state index >= 15 is 0 Å². The predicted molar refractivity (Wildman–Crippen MR) is 109 cm³/mol. The molecule has 0 aliphatic heterocycles. The molecule has 0 aliphatic rings. The number of anilines is 1. The van der Waals surface area contributed by atoms with Crippen molar-refractivity contribution < 1.29 is 27.5 Å². The first-order valence-electron chi connectivity index (χ1n) is 9.32. The molecular weight excluding hydrogens is 413 g/mol. The second kappa shape index (κ2) is 8.25. The normalized spacial score (nSPS) is 11.6. The average molecular weight is 432 g/mol. The largest absolute Gasteiger partial charge is 0.425 e. The van der Waals surface area contributed by atoms with E-state index in [1.165, 1.54) is 11.6 Å². The number of carbonyl (C=O) groups excluding carboxylic acids is 2. The van der Waals surface area contributed by atoms with Gasteiger partial charge >= 0.3 is 12.1 Å². The molecule has 0 fully saturated rings. The van der Waals surface area contributed by atoms with Crippen molar-refractivity contribution in [3.8, 4) is 5.75 Å². The van der Waals surface area contributed by atoms with Crippen LogP contribution in [0.15, 0.2) is 53.3 Å². The number of amides is 1. The van der Waals surface area contributed by atoms with Crippen molar-refractivity contribution in [1.82, 2.24) is 4.57 Å². The minimum atomic E-state index is -4.52. The van der Waals surface area contributed by atoms with Gasteiger partial charge in [0.25, 0.3) is 11.5 Å². The summed E-state index contributed by atoms with van der Waals surface area (Å²) in [6.45, 7) is 3.21. The third-order valence-corrected chi connectivity index (χ3v) is 4.63. The number of carbonyl (C=O) groups is 2. The summed E-state index contributed by atoms with van der Waals surface area (Å²) in [4.78, 5) is 38.1. The molecule has 0 radical (unpaired) electrons. The van der Waals surface area contributed by atoms with Gasteiger partial charge in [0.2, 0.25) is 0 Å². The highest BCUT2D eigenvalue weighted by atomic mass is 19.4. The SMILES string of the molecule is CC(C)C(=O)Oc1c(C(=O)Nc2ccc(C(F)(F)F)cc2)c(=O)n(C)c2ccccc12. The molecule has 0 aliphatic carbocycles. The maximum absolute atomic E-state index is 12.9. The number of halogens is 3. The first-order chi connectivity index (χ1) is 14.5. The van der Waals surface area contributed by atoms with Crippen LogP contribution in [0.1, 0.15) is 29.8 Å². The van der Waals surface area contributed by atoms with Crippen molar-refractivity contribution in [2.75, 3.05) is 5.32 Å². The smallest absolute Gasteiger partial charge is 0.416 e. The Morgan fingerprint density at radius 1 is 1.03 bits per heavy atom. The van der Waals surface area contributed by atoms with Crippen molar-refractivity contribution in [2.24, 2.45) is 13.0 Å². The van der Waals surface area contributed by atoms with E-state index in [-0.39, 0.29) is 11.4 Å². The van der Waals surface area contributed by atoms with Crippen LogP contribution >= 0.6 is 0 Å². The van der Waals surface area contributed by atoms with Gasteiger partial charge in [0.1, 0.15) is 5.56 Å². The van der Waals surface area contributed by atoms with Crippen LogP contribution in [0.2, 0.25) is 0 Å². The molecular formula is C22H19F3N2O4. The second-order valence-corrected chi connectivity index (χ2v) is 7.19. The Morgan fingerprint density at radius 3 is 2.23 bits per heavy atom. The molecule has 0 spiro atoms. The highest BCUT2D eigenvalue weighted by Gasteiger charge is 2.30. The zero-order valence-electron chi connectivity index (χ0n) is 16.9. The lowest BCUT2D eigenvalue weighted by Gasteiger charge is -2.16. The lowest BCUT2D eigenvalue weighted by atomic mass is 10.1. The average Bonchev–Trinajstić information content (AvgIpc) is 2.71. The summed E-state index contributed by atoms with van der Waals surface area (Å²) in [5.74, 6) is -2.25. The molecule has 3 aromatic rings. The van der Waals surface area contributed by atoms with Gasteiger partial charge in [0.05, 0.1) is 17.0 Å². The van der Waals surface area contributed by atoms with Gasteiger partial charge in [-0.3, -0.25) is 14.4 Å². The number of para-hydroxylation sites is 1. The molecule has 0 bridgehead atoms. The van der Waals surface area contributed by atoms with Gasteiger partial charge in [-0.25, -0.2) is 0 Å². The van der Waals surface area contributed by atoms with Crippen LogP contribution in [-0.2, 0) is 18.0 Å². The van der Waals surface area contributed by atoms with E-state index in [9.17, 15) is 27.6 Å². The Kier molecular flexibility index (Phi) is 5.88. The summed E-state index contributed by atoms with van der Waals surface area (Å²) in [7, 11) is 1.47. The minimum absolute atomic E-state index is 0.0503. The van der Waals surface area contributed by atoms with E-state index < -0.39 is 40.7 Å². The molecule has 2 aromatic carbocycles. The zero-order valence-corrected chi connectivity index (χ0v) is 16.9. The molecule has 0 saturated carbocycles. The zero-order chi connectivity index (χ0) is 22.9. The number of benzene rings is 2. The molecule has 1 heterocycles. The first kappa shape index (κ1) is 22.1. The number of pyridine rings is 1. The Morgan fingerprint density at radius 2 is 1.65 bits per heavy atom. The topological polar surface area (TPSA) is 77.4 Å². The van der Waals surface area contributed by atoms with E-state index in [2.05, 4.69) is 5.32 Å². The van der Waals surface area contributed by atoms with Gasteiger partial charge in [-0.05, 0) is 36.4 Å². The number of hydrogen-bond acceptors (Lipinski definition) is 4. The van der Waals surface area contributed by atoms with Gasteiger partial charge < -0.3 is 14.6 Å². The van der Waals surface area contributed by atoms with E-state index in [4.69, 9.17) is 4.74 Å². The molecule has 1 amide bonds. The number of nitrogens with one attached hydrogen (secondary N) is 1. The van der Waals surface area contributed by atoms with Crippen molar-refractivity contribution in [3.05, 3.63) is 70.0 Å². The quantitative estimate of drug-likeness (QED) is 0.621. The Balaban J connectivity index is 2.09. The first-order valence-corrected chi connectivity index (χ1v) is 9.32. The molecule has 31 heavy (non-hydrogen) atoms. The Bertz CT molecular complexity index is 1210. The molecule has 0 unspecified atom stereocenters. The van der Waals surface area contributed by atoms with Gasteiger partial charge in [0, 0.05) is 18.1 Å². The van der Waals surface area contributed by atoms with Crippen LogP contribution in [0.3, 0.4) is 0 Å². The number of aryl methyl sites for hydroxylation is 1. The summed E-state index contributed by atoms with van der Waals surface area (Å²) in [5, 5.41) is 2.77. The fraction of sp³-hybridized carbons (Fsp3) is 0.227. The van der Waals surface area contributed by atoms with E-state index in [1.807, 2.05) is 0 Å². The number of rotatable bonds is 4. The van der Waals surface area contributed by atoms with E-state index in [0.717, 1.165) is 24.3 Å². The molecule has 9 heteroatoms. The molecule has 3 rings (SSSR count). The number of nitrogens with zero attached hydrogens (tertiary/aromatic N) is 1. The Labute approximate surface area is 175 Å². The predicted octanol–water partition coefficient (Wildman–Crippen LogP) is 4.37. The van der Waals surface area contributed by atoms with Gasteiger partial charge in [0.15, 0.2) is 5.75 Å². The highest BCUT2D eigenvalue weighted by molar-refractivity contribution is 6.09. The third kappa shape index (κ3) is 4.45. The Hall–Kier alpha value is -3.62. The minimum Gasteiger partial charge on any atom is -0.425 e. The summed E-state index contributed by atoms with van der Waals surface area (Å²) >= 11 is 0. The van der Waals surface area contributed by atoms with Crippen LogP contribution in [0.5, 0.6) is 5.75 Å². The van der Waals surface area contributed by atoms with Gasteiger partial charge in [-0.15, -0.1) is 0 Å². The van der Waals surface area contributed by atoms with E-state index in [0.29, 0.717) is 10.9 Å². The second-order valence-electron chi connectivity index (χ2n) is 7.19. The number of hydrogen-bond donors (Lipinski definition) is 1. The molecule has 6 nitrogen and oxygen atoms in total. The van der Waals surface area contributed by atoms with Crippen molar-refractivity contribution in [1.29, 1.82) is 0 Å². The van der Waals surface area contributed by atoms with Crippen LogP contribution in [-0.4, -0.2) is 16.4 Å². The number of ether oxygens (including phenoxy) is 1. The number of fused-ring (bicyclic) bond motifs is 1. The van der Waals surface area contributed by atoms with Crippen molar-refractivity contribution in [2.45, 2.75) is 20.0 Å². The lowest BCUT2D eigenvalue weighted by molar-refractivity contribution is -0.138. The fourth-order valence-corrected chi connectivity index (χ4v) is 2.93. The third-order valence-electron chi connectivity index (χ3n) is 4.63. The maximum atomic E-state index is 12.9. The van der Waals surface area contributed by atoms with Crippen LogP contribution in [0.4, 0.5) is 18.9 Å². The molecule has 0 atom stereocenters. The summed E-state index contributed by atoms with van der Waals surface area (Å²) in [6.07, 6.45) is -4.52. The van der Waals surface area contributed by atoms with Crippen molar-refractivity contribution in [3.63, 3.8) is 0 Å². The number of alkyl halides is 3. The van der Waals surface area contributed by atoms with Gasteiger partial charge in [-0.2, -0.15) is 13.2 Å². The maximum Gasteiger partial charge on any atom is 0.416 e. The highest BCUT2D eigenvalue weighted by Crippen LogP contribution is 2.31. The van der Waals surface area contributed by atoms with Crippen LogP contribution < -0.4 is 15.6 Å². The molecule has 0 saturated heterocycles. The molecule has 1 N–H and O–H groups in total. The summed E-state index contributed by atoms with van der Waals surface area (Å²) in [6, 6.07) is 10.4. The number of aromatic nitrogens is 1. The molecule has 1 aromatic heterocycles.